The van der Waals surface area contributed by atoms with E-state index < -0.39 is 0 Å². The van der Waals surface area contributed by atoms with Gasteiger partial charge in [-0.25, -0.2) is 4.98 Å². The third kappa shape index (κ3) is 3.01. The second-order valence-corrected chi connectivity index (χ2v) is 7.13. The lowest BCUT2D eigenvalue weighted by atomic mass is 10.1. The Bertz CT molecular complexity index is 1050. The minimum Gasteiger partial charge on any atom is -0.361 e. The molecule has 1 saturated carbocycles. The first-order valence-corrected chi connectivity index (χ1v) is 9.10. The first-order valence-electron chi connectivity index (χ1n) is 9.10. The normalized spacial score (nSPS) is 16.1. The molecule has 0 spiro atoms. The number of carbonyl (C=O) groups excluding carboxylic acids is 2. The fourth-order valence-corrected chi connectivity index (χ4v) is 3.40. The molecular weight excluding hydrogens is 342 g/mol. The molecule has 136 valence electrons. The Balaban J connectivity index is 1.41. The van der Waals surface area contributed by atoms with Crippen LogP contribution in [0.4, 0.5) is 17.2 Å². The topological polar surface area (TPSA) is 90.1 Å². The van der Waals surface area contributed by atoms with Gasteiger partial charge >= 0.3 is 0 Å². The molecule has 0 radical (unpaired) electrons. The summed E-state index contributed by atoms with van der Waals surface area (Å²) in [6.45, 7) is 0.944. The number of nitrogens with one attached hydrogen (secondary N) is 3. The fraction of sp³-hybridized carbons (Fsp3) is 0.250. The number of amides is 2. The van der Waals surface area contributed by atoms with E-state index in [-0.39, 0.29) is 18.4 Å². The van der Waals surface area contributed by atoms with E-state index >= 15 is 0 Å². The number of hydrogen-bond donors (Lipinski definition) is 3. The number of benzene rings is 1. The van der Waals surface area contributed by atoms with Crippen molar-refractivity contribution in [2.75, 3.05) is 28.6 Å². The number of H-pyrrole nitrogens is 1. The smallest absolute Gasteiger partial charge is 0.257 e. The van der Waals surface area contributed by atoms with Crippen LogP contribution in [0.2, 0.25) is 0 Å². The van der Waals surface area contributed by atoms with Crippen molar-refractivity contribution in [2.45, 2.75) is 12.8 Å². The highest BCUT2D eigenvalue weighted by Crippen LogP contribution is 2.35. The number of anilines is 3. The lowest BCUT2D eigenvalue weighted by Crippen LogP contribution is -2.41. The molecule has 1 fully saturated rings. The summed E-state index contributed by atoms with van der Waals surface area (Å²) in [5.74, 6) is 0.988. The average Bonchev–Trinajstić information content (AvgIpc) is 3.38. The Labute approximate surface area is 155 Å². The molecule has 7 nitrogen and oxygen atoms in total. The predicted molar refractivity (Wildman–Crippen MR) is 104 cm³/mol. The third-order valence-corrected chi connectivity index (χ3v) is 5.08. The van der Waals surface area contributed by atoms with Crippen LogP contribution in [-0.4, -0.2) is 34.9 Å². The van der Waals surface area contributed by atoms with Crippen molar-refractivity contribution in [1.29, 1.82) is 0 Å². The van der Waals surface area contributed by atoms with Crippen molar-refractivity contribution in [3.63, 3.8) is 0 Å². The Morgan fingerprint density at radius 1 is 1.26 bits per heavy atom. The van der Waals surface area contributed by atoms with E-state index in [1.807, 2.05) is 30.5 Å². The molecule has 2 amide bonds. The molecule has 1 aliphatic carbocycles. The molecule has 0 unspecified atom stereocenters. The Hall–Kier alpha value is -3.35. The summed E-state index contributed by atoms with van der Waals surface area (Å²) in [5.41, 5.74) is 2.85. The van der Waals surface area contributed by atoms with Crippen molar-refractivity contribution >= 4 is 39.9 Å². The van der Waals surface area contributed by atoms with Gasteiger partial charge < -0.3 is 20.5 Å². The Kier molecular flexibility index (Phi) is 3.60. The van der Waals surface area contributed by atoms with E-state index in [2.05, 4.69) is 20.6 Å². The maximum absolute atomic E-state index is 12.7. The van der Waals surface area contributed by atoms with E-state index in [0.717, 1.165) is 23.7 Å². The van der Waals surface area contributed by atoms with Crippen LogP contribution in [0.25, 0.3) is 10.9 Å². The van der Waals surface area contributed by atoms with Crippen molar-refractivity contribution in [3.05, 3.63) is 48.3 Å². The van der Waals surface area contributed by atoms with Crippen molar-refractivity contribution in [2.24, 2.45) is 5.92 Å². The number of rotatable bonds is 4. The first kappa shape index (κ1) is 15.9. The van der Waals surface area contributed by atoms with Crippen molar-refractivity contribution in [1.82, 2.24) is 9.97 Å². The van der Waals surface area contributed by atoms with Gasteiger partial charge in [0.05, 0.1) is 17.8 Å². The fourth-order valence-electron chi connectivity index (χ4n) is 3.40. The molecule has 3 heterocycles. The zero-order chi connectivity index (χ0) is 18.4. The summed E-state index contributed by atoms with van der Waals surface area (Å²) < 4.78 is 0. The zero-order valence-electron chi connectivity index (χ0n) is 14.7. The number of nitrogens with zero attached hydrogens (tertiary/aromatic N) is 2. The molecule has 1 aliphatic heterocycles. The van der Waals surface area contributed by atoms with Gasteiger partial charge in [-0.1, -0.05) is 0 Å². The van der Waals surface area contributed by atoms with Crippen molar-refractivity contribution in [3.8, 4) is 0 Å². The van der Waals surface area contributed by atoms with E-state index in [0.29, 0.717) is 35.2 Å². The highest BCUT2D eigenvalue weighted by atomic mass is 16.2. The monoisotopic (exact) mass is 361 g/mol. The highest BCUT2D eigenvalue weighted by molar-refractivity contribution is 6.08. The van der Waals surface area contributed by atoms with Crippen LogP contribution in [0.5, 0.6) is 0 Å². The lowest BCUT2D eigenvalue weighted by Gasteiger charge is -2.29. The number of aromatic amines is 1. The van der Waals surface area contributed by atoms with Gasteiger partial charge in [-0.15, -0.1) is 0 Å². The SMILES string of the molecule is O=C(Nc1ccc2[nH]ccc2c1)c1cnc2c(c1)N(CC1CC1)C(=O)CN2. The summed E-state index contributed by atoms with van der Waals surface area (Å²) in [4.78, 5) is 34.3. The minimum absolute atomic E-state index is 0.0201. The summed E-state index contributed by atoms with van der Waals surface area (Å²) in [5, 5.41) is 6.97. The number of pyridine rings is 1. The van der Waals surface area contributed by atoms with Crippen LogP contribution in [0.15, 0.2) is 42.7 Å². The maximum Gasteiger partial charge on any atom is 0.257 e. The number of fused-ring (bicyclic) bond motifs is 2. The standard InChI is InChI=1S/C20H19N5O2/c26-18-10-23-19-17(25(18)11-12-1-2-12)8-14(9-22-19)20(27)24-15-3-4-16-13(7-15)5-6-21-16/h3-9,12,21H,1-2,10-11H2,(H,22,23)(H,24,27). The molecule has 0 atom stereocenters. The van der Waals surface area contributed by atoms with Crippen molar-refractivity contribution < 1.29 is 9.59 Å². The molecule has 0 bridgehead atoms. The molecule has 1 aromatic carbocycles. The summed E-state index contributed by atoms with van der Waals surface area (Å²) in [6, 6.07) is 9.40. The third-order valence-electron chi connectivity index (χ3n) is 5.08. The number of carbonyl (C=O) groups is 2. The van der Waals surface area contributed by atoms with Crippen LogP contribution in [0.1, 0.15) is 23.2 Å². The highest BCUT2D eigenvalue weighted by Gasteiger charge is 2.32. The number of hydrogen-bond acceptors (Lipinski definition) is 4. The molecule has 2 aromatic heterocycles. The van der Waals surface area contributed by atoms with E-state index in [4.69, 9.17) is 0 Å². The van der Waals surface area contributed by atoms with Gasteiger partial charge in [-0.3, -0.25) is 9.59 Å². The Morgan fingerprint density at radius 2 is 2.15 bits per heavy atom. The molecule has 27 heavy (non-hydrogen) atoms. The molecule has 2 aliphatic rings. The minimum atomic E-state index is -0.246. The van der Waals surface area contributed by atoms with Gasteiger partial charge in [0, 0.05) is 35.5 Å². The maximum atomic E-state index is 12.7. The second kappa shape index (κ2) is 6.12. The van der Waals surface area contributed by atoms with E-state index in [1.165, 1.54) is 0 Å². The summed E-state index contributed by atoms with van der Waals surface area (Å²) in [6.07, 6.45) is 5.72. The Morgan fingerprint density at radius 3 is 3.00 bits per heavy atom. The molecule has 0 saturated heterocycles. The quantitative estimate of drug-likeness (QED) is 0.666. The number of aromatic nitrogens is 2. The van der Waals surface area contributed by atoms with Gasteiger partial charge in [0.25, 0.3) is 5.91 Å². The van der Waals surface area contributed by atoms with Crippen LogP contribution in [0, 0.1) is 5.92 Å². The van der Waals surface area contributed by atoms with E-state index in [9.17, 15) is 9.59 Å². The molecular formula is C20H19N5O2. The molecule has 3 N–H and O–H groups in total. The van der Waals surface area contributed by atoms with Gasteiger partial charge in [0.15, 0.2) is 0 Å². The van der Waals surface area contributed by atoms with Crippen LogP contribution < -0.4 is 15.5 Å². The second-order valence-electron chi connectivity index (χ2n) is 7.13. The largest absolute Gasteiger partial charge is 0.361 e. The van der Waals surface area contributed by atoms with Gasteiger partial charge in [-0.05, 0) is 49.1 Å². The summed E-state index contributed by atoms with van der Waals surface area (Å²) in [7, 11) is 0. The first-order chi connectivity index (χ1) is 13.2. The van der Waals surface area contributed by atoms with Crippen LogP contribution in [0.3, 0.4) is 0 Å². The zero-order valence-corrected chi connectivity index (χ0v) is 14.7. The lowest BCUT2D eigenvalue weighted by molar-refractivity contribution is -0.117. The summed E-state index contributed by atoms with van der Waals surface area (Å²) >= 11 is 0. The van der Waals surface area contributed by atoms with Gasteiger partial charge in [-0.2, -0.15) is 0 Å². The van der Waals surface area contributed by atoms with Gasteiger partial charge in [0.1, 0.15) is 5.82 Å². The predicted octanol–water partition coefficient (Wildman–Crippen LogP) is 2.98. The molecule has 7 heteroatoms. The van der Waals surface area contributed by atoms with Crippen LogP contribution >= 0.6 is 0 Å². The van der Waals surface area contributed by atoms with Gasteiger partial charge in [0.2, 0.25) is 5.91 Å². The average molecular weight is 361 g/mol. The molecule has 5 rings (SSSR count). The van der Waals surface area contributed by atoms with Crippen LogP contribution in [-0.2, 0) is 4.79 Å². The molecule has 3 aromatic rings. The van der Waals surface area contributed by atoms with E-state index in [1.54, 1.807) is 17.2 Å².